The number of hydrogen-bond acceptors (Lipinski definition) is 8. The molecule has 2 aromatic rings. The van der Waals surface area contributed by atoms with E-state index in [9.17, 15) is 29.8 Å². The first kappa shape index (κ1) is 27.8. The Labute approximate surface area is 207 Å². The number of nitrogens with zero attached hydrogens (tertiary/aromatic N) is 4. The van der Waals surface area contributed by atoms with Gasteiger partial charge in [-0.15, -0.1) is 0 Å². The van der Waals surface area contributed by atoms with Crippen LogP contribution < -0.4 is 10.9 Å². The quantitative estimate of drug-likeness (QED) is 0.182. The van der Waals surface area contributed by atoms with Gasteiger partial charge in [-0.1, -0.05) is 38.1 Å². The van der Waals surface area contributed by atoms with Gasteiger partial charge in [-0.05, 0) is 25.7 Å². The van der Waals surface area contributed by atoms with Crippen LogP contribution >= 0.6 is 0 Å². The van der Waals surface area contributed by atoms with Crippen LogP contribution in [0.4, 0.5) is 11.4 Å². The Bertz CT molecular complexity index is 1090. The summed E-state index contributed by atoms with van der Waals surface area (Å²) in [5, 5.41) is 30.1. The number of unbranched alkanes of at least 4 members (excludes halogenated alkanes) is 1. The first-order chi connectivity index (χ1) is 17.2. The third-order valence-corrected chi connectivity index (χ3v) is 5.14. The van der Waals surface area contributed by atoms with Gasteiger partial charge in [0.05, 0.1) is 21.3 Å². The van der Waals surface area contributed by atoms with Crippen molar-refractivity contribution in [2.24, 2.45) is 10.2 Å². The number of nitrogens with one attached hydrogen (secondary N) is 2. The molecular formula is C24H28N6O6. The molecule has 0 unspecified atom stereocenters. The standard InChI is InChI=1S/C24H28N6O6/c1-3-21(17-9-7-11-19(15-17)29(33)34)25-27-23(31)13-5-6-14-24(32)28-26-22(4-2)18-10-8-12-20(16-18)30(35)36/h7-12,15-16H,3-6,13-14H2,1-2H3,(H,27,31)(H,28,32)/b25-21+,26-22+. The maximum absolute atomic E-state index is 12.1. The van der Waals surface area contributed by atoms with Crippen LogP contribution in [0, 0.1) is 20.2 Å². The zero-order chi connectivity index (χ0) is 26.5. The Balaban J connectivity index is 1.80. The van der Waals surface area contributed by atoms with E-state index in [0.29, 0.717) is 48.2 Å². The zero-order valence-corrected chi connectivity index (χ0v) is 20.1. The maximum atomic E-state index is 12.1. The molecule has 2 amide bonds. The SMILES string of the molecule is CC/C(=N\NC(=O)CCCCC(=O)N/N=C(\CC)c1cccc([N+](=O)[O-])c1)c1cccc([N+](=O)[O-])c1. The summed E-state index contributed by atoms with van der Waals surface area (Å²) in [7, 11) is 0. The van der Waals surface area contributed by atoms with Crippen molar-refractivity contribution < 1.29 is 19.4 Å². The molecule has 0 saturated heterocycles. The van der Waals surface area contributed by atoms with Crippen molar-refractivity contribution in [1.82, 2.24) is 10.9 Å². The second-order valence-electron chi connectivity index (χ2n) is 7.72. The fraction of sp³-hybridized carbons (Fsp3) is 0.333. The van der Waals surface area contributed by atoms with E-state index in [-0.39, 0.29) is 36.0 Å². The summed E-state index contributed by atoms with van der Waals surface area (Å²) in [6, 6.07) is 12.1. The monoisotopic (exact) mass is 496 g/mol. The lowest BCUT2D eigenvalue weighted by molar-refractivity contribution is -0.385. The Morgan fingerprint density at radius 3 is 1.47 bits per heavy atom. The minimum atomic E-state index is -0.492. The number of nitro benzene ring substituents is 2. The molecule has 0 bridgehead atoms. The van der Waals surface area contributed by atoms with E-state index >= 15 is 0 Å². The molecule has 190 valence electrons. The summed E-state index contributed by atoms with van der Waals surface area (Å²) in [6.45, 7) is 3.65. The number of rotatable bonds is 13. The van der Waals surface area contributed by atoms with Crippen molar-refractivity contribution >= 4 is 34.6 Å². The van der Waals surface area contributed by atoms with Crippen molar-refractivity contribution in [1.29, 1.82) is 0 Å². The normalized spacial score (nSPS) is 11.6. The highest BCUT2D eigenvalue weighted by Crippen LogP contribution is 2.16. The van der Waals surface area contributed by atoms with Gasteiger partial charge in [0.25, 0.3) is 11.4 Å². The van der Waals surface area contributed by atoms with E-state index in [1.54, 1.807) is 24.3 Å². The van der Waals surface area contributed by atoms with E-state index in [0.717, 1.165) is 0 Å². The minimum absolute atomic E-state index is 0.0567. The smallest absolute Gasteiger partial charge is 0.270 e. The summed E-state index contributed by atoms with van der Waals surface area (Å²) < 4.78 is 0. The molecule has 0 heterocycles. The van der Waals surface area contributed by atoms with Gasteiger partial charge < -0.3 is 0 Å². The molecule has 2 N–H and O–H groups in total. The molecule has 0 spiro atoms. The number of hydrogen-bond donors (Lipinski definition) is 2. The van der Waals surface area contributed by atoms with Gasteiger partial charge in [-0.3, -0.25) is 29.8 Å². The lowest BCUT2D eigenvalue weighted by atomic mass is 10.1. The van der Waals surface area contributed by atoms with Gasteiger partial charge in [0.15, 0.2) is 0 Å². The summed E-state index contributed by atoms with van der Waals surface area (Å²) in [4.78, 5) is 45.1. The number of benzene rings is 2. The molecule has 0 radical (unpaired) electrons. The average molecular weight is 497 g/mol. The Hall–Kier alpha value is -4.48. The molecule has 36 heavy (non-hydrogen) atoms. The summed E-state index contributed by atoms with van der Waals surface area (Å²) in [5.41, 5.74) is 6.94. The van der Waals surface area contributed by atoms with Crippen molar-refractivity contribution in [2.75, 3.05) is 0 Å². The Morgan fingerprint density at radius 2 is 1.14 bits per heavy atom. The third-order valence-electron chi connectivity index (χ3n) is 5.14. The molecule has 0 aromatic heterocycles. The number of carbonyl (C=O) groups is 2. The molecule has 0 atom stereocenters. The van der Waals surface area contributed by atoms with Crippen LogP contribution in [0.1, 0.15) is 63.5 Å². The molecule has 0 aliphatic rings. The first-order valence-corrected chi connectivity index (χ1v) is 11.5. The van der Waals surface area contributed by atoms with Crippen LogP contribution in [0.2, 0.25) is 0 Å². The molecular weight excluding hydrogens is 468 g/mol. The minimum Gasteiger partial charge on any atom is -0.273 e. The van der Waals surface area contributed by atoms with E-state index < -0.39 is 9.85 Å². The van der Waals surface area contributed by atoms with Crippen LogP contribution in [0.5, 0.6) is 0 Å². The van der Waals surface area contributed by atoms with E-state index in [2.05, 4.69) is 21.1 Å². The Morgan fingerprint density at radius 1 is 0.750 bits per heavy atom. The van der Waals surface area contributed by atoms with E-state index in [1.807, 2.05) is 13.8 Å². The number of hydrazone groups is 2. The highest BCUT2D eigenvalue weighted by atomic mass is 16.6. The van der Waals surface area contributed by atoms with Gasteiger partial charge in [0.1, 0.15) is 0 Å². The van der Waals surface area contributed by atoms with Crippen LogP contribution in [-0.2, 0) is 9.59 Å². The second-order valence-corrected chi connectivity index (χ2v) is 7.72. The largest absolute Gasteiger partial charge is 0.273 e. The molecule has 0 fully saturated rings. The predicted octanol–water partition coefficient (Wildman–Crippen LogP) is 4.22. The van der Waals surface area contributed by atoms with Gasteiger partial charge in [-0.2, -0.15) is 10.2 Å². The highest BCUT2D eigenvalue weighted by Gasteiger charge is 2.11. The van der Waals surface area contributed by atoms with Crippen LogP contribution in [-0.4, -0.2) is 33.1 Å². The van der Waals surface area contributed by atoms with Crippen molar-refractivity contribution in [3.63, 3.8) is 0 Å². The number of non-ortho nitro benzene ring substituents is 2. The fourth-order valence-electron chi connectivity index (χ4n) is 3.24. The van der Waals surface area contributed by atoms with Crippen LogP contribution in [0.15, 0.2) is 58.7 Å². The van der Waals surface area contributed by atoms with Crippen molar-refractivity contribution in [2.45, 2.75) is 52.4 Å². The van der Waals surface area contributed by atoms with E-state index in [1.165, 1.54) is 24.3 Å². The van der Waals surface area contributed by atoms with Gasteiger partial charge >= 0.3 is 0 Å². The average Bonchev–Trinajstić information content (AvgIpc) is 2.87. The number of amides is 2. The molecule has 2 aromatic carbocycles. The highest BCUT2D eigenvalue weighted by molar-refractivity contribution is 6.02. The third kappa shape index (κ3) is 8.70. The lowest BCUT2D eigenvalue weighted by Crippen LogP contribution is -2.21. The van der Waals surface area contributed by atoms with Crippen LogP contribution in [0.25, 0.3) is 0 Å². The maximum Gasteiger partial charge on any atom is 0.270 e. The summed E-state index contributed by atoms with van der Waals surface area (Å²) in [6.07, 6.45) is 2.14. The second kappa shape index (κ2) is 14.0. The topological polar surface area (TPSA) is 169 Å². The van der Waals surface area contributed by atoms with Crippen molar-refractivity contribution in [3.8, 4) is 0 Å². The predicted molar refractivity (Wildman–Crippen MR) is 135 cm³/mol. The van der Waals surface area contributed by atoms with Gasteiger partial charge in [-0.25, -0.2) is 10.9 Å². The molecule has 0 aliphatic heterocycles. The molecule has 0 saturated carbocycles. The fourth-order valence-corrected chi connectivity index (χ4v) is 3.24. The van der Waals surface area contributed by atoms with Crippen LogP contribution in [0.3, 0.4) is 0 Å². The lowest BCUT2D eigenvalue weighted by Gasteiger charge is -2.06. The van der Waals surface area contributed by atoms with E-state index in [4.69, 9.17) is 0 Å². The zero-order valence-electron chi connectivity index (χ0n) is 20.1. The molecule has 12 nitrogen and oxygen atoms in total. The first-order valence-electron chi connectivity index (χ1n) is 11.5. The molecule has 0 aliphatic carbocycles. The van der Waals surface area contributed by atoms with Gasteiger partial charge in [0, 0.05) is 48.2 Å². The molecule has 2 rings (SSSR count). The summed E-state index contributed by atoms with van der Waals surface area (Å²) in [5.74, 6) is -0.660. The molecule has 12 heteroatoms. The van der Waals surface area contributed by atoms with Crippen molar-refractivity contribution in [3.05, 3.63) is 79.9 Å². The number of nitro groups is 2. The van der Waals surface area contributed by atoms with Gasteiger partial charge in [0.2, 0.25) is 11.8 Å². The number of carbonyl (C=O) groups excluding carboxylic acids is 2. The summed E-state index contributed by atoms with van der Waals surface area (Å²) >= 11 is 0. The Kier molecular flexibility index (Phi) is 10.8.